The van der Waals surface area contributed by atoms with Crippen LogP contribution in [0.5, 0.6) is 0 Å². The average molecular weight is 283 g/mol. The number of piperidine rings is 1. The van der Waals surface area contributed by atoms with E-state index in [1.807, 2.05) is 11.8 Å². The lowest BCUT2D eigenvalue weighted by molar-refractivity contribution is 0.309. The Morgan fingerprint density at radius 3 is 2.50 bits per heavy atom. The fraction of sp³-hybridized carbons (Fsp3) is 0.667. The number of hydrogen-bond donors (Lipinski definition) is 1. The van der Waals surface area contributed by atoms with Gasteiger partial charge in [-0.25, -0.2) is 13.8 Å². The van der Waals surface area contributed by atoms with Crippen LogP contribution >= 0.6 is 0 Å². The van der Waals surface area contributed by atoms with Crippen molar-refractivity contribution >= 4 is 11.6 Å². The van der Waals surface area contributed by atoms with Gasteiger partial charge in [0.15, 0.2) is 23.3 Å². The van der Waals surface area contributed by atoms with Crippen LogP contribution in [0.25, 0.3) is 0 Å². The number of anilines is 2. The van der Waals surface area contributed by atoms with Crippen molar-refractivity contribution in [3.05, 3.63) is 17.7 Å². The van der Waals surface area contributed by atoms with Gasteiger partial charge in [-0.05, 0) is 31.6 Å². The van der Waals surface area contributed by atoms with Crippen molar-refractivity contribution < 1.29 is 8.78 Å². The van der Waals surface area contributed by atoms with Crippen LogP contribution in [0.3, 0.4) is 0 Å². The molecule has 2 heterocycles. The molecule has 1 saturated heterocycles. The van der Waals surface area contributed by atoms with E-state index >= 15 is 0 Å². The maximum Gasteiger partial charge on any atom is 0.168 e. The second-order valence-electron chi connectivity index (χ2n) is 5.72. The van der Waals surface area contributed by atoms with Crippen LogP contribution in [0.15, 0.2) is 6.07 Å². The predicted molar refractivity (Wildman–Crippen MR) is 78.1 cm³/mol. The Kier molecular flexibility index (Phi) is 4.78. The van der Waals surface area contributed by atoms with Crippen LogP contribution in [0, 0.1) is 23.5 Å². The van der Waals surface area contributed by atoms with Gasteiger partial charge in [0.25, 0.3) is 0 Å². The lowest BCUT2D eigenvalue weighted by atomic mass is 9.87. The van der Waals surface area contributed by atoms with Crippen molar-refractivity contribution in [3.63, 3.8) is 0 Å². The lowest BCUT2D eigenvalue weighted by Crippen LogP contribution is -2.36. The highest BCUT2D eigenvalue weighted by molar-refractivity contribution is 5.49. The maximum absolute atomic E-state index is 13.9. The van der Waals surface area contributed by atoms with Gasteiger partial charge in [-0.1, -0.05) is 13.8 Å². The molecule has 1 aromatic heterocycles. The second-order valence-corrected chi connectivity index (χ2v) is 5.72. The van der Waals surface area contributed by atoms with Gasteiger partial charge in [0.2, 0.25) is 0 Å². The van der Waals surface area contributed by atoms with E-state index in [-0.39, 0.29) is 11.6 Å². The van der Waals surface area contributed by atoms with Crippen molar-refractivity contribution in [3.8, 4) is 0 Å². The van der Waals surface area contributed by atoms with Crippen LogP contribution in [-0.2, 0) is 0 Å². The first kappa shape index (κ1) is 15.0. The van der Waals surface area contributed by atoms with Gasteiger partial charge in [-0.15, -0.1) is 0 Å². The minimum absolute atomic E-state index is 0.134. The molecule has 5 heteroatoms. The minimum Gasteiger partial charge on any atom is -0.368 e. The Bertz CT molecular complexity index is 455. The normalized spacial score (nSPS) is 16.8. The number of hydrogen-bond acceptors (Lipinski definition) is 3. The minimum atomic E-state index is -0.634. The number of pyridine rings is 1. The Labute approximate surface area is 119 Å². The van der Waals surface area contributed by atoms with Crippen molar-refractivity contribution in [1.82, 2.24) is 4.98 Å². The zero-order chi connectivity index (χ0) is 14.7. The van der Waals surface area contributed by atoms with Crippen molar-refractivity contribution in [2.24, 2.45) is 11.8 Å². The van der Waals surface area contributed by atoms with E-state index in [4.69, 9.17) is 0 Å². The largest absolute Gasteiger partial charge is 0.368 e. The maximum atomic E-state index is 13.9. The number of halogens is 2. The van der Waals surface area contributed by atoms with E-state index in [0.717, 1.165) is 32.0 Å². The van der Waals surface area contributed by atoms with E-state index in [9.17, 15) is 8.78 Å². The number of aromatic nitrogens is 1. The standard InChI is InChI=1S/C15H23F2N3/c1-4-18-14-12(16)9-13(17)15(19-14)20-7-5-11(6-8-20)10(2)3/h9-11H,4-8H2,1-3H3,(H,18,19). The SMILES string of the molecule is CCNc1nc(N2CCC(C(C)C)CC2)c(F)cc1F. The van der Waals surface area contributed by atoms with Crippen molar-refractivity contribution in [2.75, 3.05) is 29.9 Å². The molecule has 1 fully saturated rings. The Balaban J connectivity index is 2.15. The molecule has 1 aromatic rings. The molecule has 0 amide bonds. The molecule has 0 aliphatic carbocycles. The van der Waals surface area contributed by atoms with E-state index in [1.54, 1.807) is 0 Å². The van der Waals surface area contributed by atoms with Gasteiger partial charge < -0.3 is 10.2 Å². The molecule has 0 unspecified atom stereocenters. The quantitative estimate of drug-likeness (QED) is 0.914. The van der Waals surface area contributed by atoms with Gasteiger partial charge >= 0.3 is 0 Å². The molecular weight excluding hydrogens is 260 g/mol. The summed E-state index contributed by atoms with van der Waals surface area (Å²) in [5.41, 5.74) is 0. The fourth-order valence-corrected chi connectivity index (χ4v) is 2.75. The third kappa shape index (κ3) is 3.19. The third-order valence-corrected chi connectivity index (χ3v) is 4.04. The lowest BCUT2D eigenvalue weighted by Gasteiger charge is -2.34. The summed E-state index contributed by atoms with van der Waals surface area (Å²) in [6, 6.07) is 0.925. The zero-order valence-corrected chi connectivity index (χ0v) is 12.4. The summed E-state index contributed by atoms with van der Waals surface area (Å²) in [5, 5.41) is 2.83. The summed E-state index contributed by atoms with van der Waals surface area (Å²) >= 11 is 0. The Morgan fingerprint density at radius 1 is 1.30 bits per heavy atom. The van der Waals surface area contributed by atoms with Crippen molar-refractivity contribution in [1.29, 1.82) is 0 Å². The first-order valence-corrected chi connectivity index (χ1v) is 7.37. The molecule has 0 radical (unpaired) electrons. The van der Waals surface area contributed by atoms with Gasteiger partial charge in [0, 0.05) is 25.7 Å². The molecule has 0 aromatic carbocycles. The highest BCUT2D eigenvalue weighted by Crippen LogP contribution is 2.29. The molecular formula is C15H23F2N3. The monoisotopic (exact) mass is 283 g/mol. The molecule has 1 aliphatic heterocycles. The summed E-state index contributed by atoms with van der Waals surface area (Å²) in [5.74, 6) is 0.528. The molecule has 112 valence electrons. The molecule has 20 heavy (non-hydrogen) atoms. The molecule has 0 saturated carbocycles. The van der Waals surface area contributed by atoms with Gasteiger partial charge in [0.1, 0.15) is 0 Å². The predicted octanol–water partition coefficient (Wildman–Crippen LogP) is 3.66. The van der Waals surface area contributed by atoms with Crippen LogP contribution < -0.4 is 10.2 Å². The first-order valence-electron chi connectivity index (χ1n) is 7.37. The molecule has 0 spiro atoms. The van der Waals surface area contributed by atoms with E-state index in [1.165, 1.54) is 0 Å². The van der Waals surface area contributed by atoms with Crippen LogP contribution in [0.1, 0.15) is 33.6 Å². The van der Waals surface area contributed by atoms with Crippen LogP contribution in [0.2, 0.25) is 0 Å². The highest BCUT2D eigenvalue weighted by Gasteiger charge is 2.25. The molecule has 1 aliphatic rings. The average Bonchev–Trinajstić information content (AvgIpc) is 2.42. The molecule has 1 N–H and O–H groups in total. The van der Waals surface area contributed by atoms with Gasteiger partial charge in [0.05, 0.1) is 0 Å². The second kappa shape index (κ2) is 6.37. The van der Waals surface area contributed by atoms with Gasteiger partial charge in [-0.2, -0.15) is 0 Å². The summed E-state index contributed by atoms with van der Waals surface area (Å²) < 4.78 is 27.5. The molecule has 0 atom stereocenters. The van der Waals surface area contributed by atoms with Gasteiger partial charge in [-0.3, -0.25) is 0 Å². The Hall–Kier alpha value is -1.39. The molecule has 3 nitrogen and oxygen atoms in total. The van der Waals surface area contributed by atoms with Crippen LogP contribution in [0.4, 0.5) is 20.4 Å². The molecule has 2 rings (SSSR count). The molecule has 0 bridgehead atoms. The van der Waals surface area contributed by atoms with E-state index < -0.39 is 11.6 Å². The summed E-state index contributed by atoms with van der Waals surface area (Å²) in [7, 11) is 0. The highest BCUT2D eigenvalue weighted by atomic mass is 19.1. The first-order chi connectivity index (χ1) is 9.52. The smallest absolute Gasteiger partial charge is 0.168 e. The topological polar surface area (TPSA) is 28.2 Å². The number of nitrogens with one attached hydrogen (secondary N) is 1. The summed E-state index contributed by atoms with van der Waals surface area (Å²) in [6.45, 7) is 8.43. The zero-order valence-electron chi connectivity index (χ0n) is 12.4. The number of rotatable bonds is 4. The van der Waals surface area contributed by atoms with Crippen LogP contribution in [-0.4, -0.2) is 24.6 Å². The van der Waals surface area contributed by atoms with Crippen molar-refractivity contribution in [2.45, 2.75) is 33.6 Å². The Morgan fingerprint density at radius 2 is 1.95 bits per heavy atom. The third-order valence-electron chi connectivity index (χ3n) is 4.04. The van der Waals surface area contributed by atoms with E-state index in [0.29, 0.717) is 18.4 Å². The van der Waals surface area contributed by atoms with E-state index in [2.05, 4.69) is 24.1 Å². The fourth-order valence-electron chi connectivity index (χ4n) is 2.75. The number of nitrogens with zero attached hydrogens (tertiary/aromatic N) is 2. The summed E-state index contributed by atoms with van der Waals surface area (Å²) in [4.78, 5) is 6.05. The summed E-state index contributed by atoms with van der Waals surface area (Å²) in [6.07, 6.45) is 2.07.